The molecule has 1 aromatic carbocycles. The zero-order chi connectivity index (χ0) is 13.3. The van der Waals surface area contributed by atoms with Crippen LogP contribution in [0, 0.1) is 0 Å². The predicted octanol–water partition coefficient (Wildman–Crippen LogP) is 0.468. The molecule has 1 heterocycles. The number of primary sulfonamides is 1. The van der Waals surface area contributed by atoms with E-state index in [0.29, 0.717) is 12.1 Å². The fraction of sp³-hybridized carbons (Fsp3) is 0.333. The molecule has 0 aliphatic carbocycles. The normalized spacial score (nSPS) is 12.2. The van der Waals surface area contributed by atoms with Crippen LogP contribution in [0.4, 0.5) is 0 Å². The average molecular weight is 267 g/mol. The van der Waals surface area contributed by atoms with Gasteiger partial charge in [0, 0.05) is 24.1 Å². The molecule has 2 aromatic rings. The lowest BCUT2D eigenvalue weighted by atomic mass is 10.1. The first-order valence-electron chi connectivity index (χ1n) is 5.68. The fourth-order valence-electron chi connectivity index (χ4n) is 2.20. The maximum absolute atomic E-state index is 11.1. The lowest BCUT2D eigenvalue weighted by Gasteiger charge is -2.02. The first-order valence-corrected chi connectivity index (χ1v) is 7.39. The Kier molecular flexibility index (Phi) is 3.43. The number of fused-ring (bicyclic) bond motifs is 1. The second-order valence-electron chi connectivity index (χ2n) is 4.46. The SMILES string of the molecule is Cn1cc(CCN)c2cc(CS(N)(=O)=O)ccc21. The highest BCUT2D eigenvalue weighted by Crippen LogP contribution is 2.23. The molecule has 0 amide bonds. The second kappa shape index (κ2) is 4.72. The molecular weight excluding hydrogens is 250 g/mol. The molecular formula is C12H17N3O2S. The van der Waals surface area contributed by atoms with E-state index < -0.39 is 10.0 Å². The van der Waals surface area contributed by atoms with E-state index in [4.69, 9.17) is 10.9 Å². The van der Waals surface area contributed by atoms with Crippen LogP contribution in [0.25, 0.3) is 10.9 Å². The summed E-state index contributed by atoms with van der Waals surface area (Å²) < 4.78 is 24.2. The summed E-state index contributed by atoms with van der Waals surface area (Å²) in [6, 6.07) is 5.58. The Morgan fingerprint density at radius 2 is 2.06 bits per heavy atom. The Balaban J connectivity index is 2.52. The number of rotatable bonds is 4. The number of hydrogen-bond donors (Lipinski definition) is 2. The quantitative estimate of drug-likeness (QED) is 0.843. The maximum atomic E-state index is 11.1. The molecule has 4 N–H and O–H groups in total. The van der Waals surface area contributed by atoms with Crippen LogP contribution in [0.1, 0.15) is 11.1 Å². The monoisotopic (exact) mass is 267 g/mol. The highest BCUT2D eigenvalue weighted by atomic mass is 32.2. The largest absolute Gasteiger partial charge is 0.350 e. The van der Waals surface area contributed by atoms with Crippen molar-refractivity contribution in [1.29, 1.82) is 0 Å². The van der Waals surface area contributed by atoms with E-state index in [1.54, 1.807) is 6.07 Å². The molecule has 0 unspecified atom stereocenters. The number of aryl methyl sites for hydroxylation is 1. The highest BCUT2D eigenvalue weighted by Gasteiger charge is 2.10. The van der Waals surface area contributed by atoms with Gasteiger partial charge >= 0.3 is 0 Å². The molecule has 0 saturated carbocycles. The van der Waals surface area contributed by atoms with Gasteiger partial charge in [-0.25, -0.2) is 13.6 Å². The molecule has 6 heteroatoms. The number of aromatic nitrogens is 1. The highest BCUT2D eigenvalue weighted by molar-refractivity contribution is 7.88. The summed E-state index contributed by atoms with van der Waals surface area (Å²) in [5.74, 6) is -0.139. The van der Waals surface area contributed by atoms with Crippen molar-refractivity contribution in [2.75, 3.05) is 6.54 Å². The predicted molar refractivity (Wildman–Crippen MR) is 72.5 cm³/mol. The van der Waals surface area contributed by atoms with Gasteiger partial charge in [-0.1, -0.05) is 6.07 Å². The minimum absolute atomic E-state index is 0.139. The van der Waals surface area contributed by atoms with Crippen LogP contribution in [0.2, 0.25) is 0 Å². The van der Waals surface area contributed by atoms with Crippen LogP contribution >= 0.6 is 0 Å². The summed E-state index contributed by atoms with van der Waals surface area (Å²) in [6.07, 6.45) is 2.80. The molecule has 0 atom stereocenters. The molecule has 0 spiro atoms. The maximum Gasteiger partial charge on any atom is 0.213 e. The Labute approximate surface area is 106 Å². The summed E-state index contributed by atoms with van der Waals surface area (Å²) >= 11 is 0. The fourth-order valence-corrected chi connectivity index (χ4v) is 2.84. The summed E-state index contributed by atoms with van der Waals surface area (Å²) in [6.45, 7) is 0.568. The van der Waals surface area contributed by atoms with Gasteiger partial charge in [0.05, 0.1) is 5.75 Å². The molecule has 5 nitrogen and oxygen atoms in total. The Morgan fingerprint density at radius 1 is 1.33 bits per heavy atom. The first-order chi connectivity index (χ1) is 8.40. The molecule has 0 bridgehead atoms. The van der Waals surface area contributed by atoms with Crippen LogP contribution < -0.4 is 10.9 Å². The van der Waals surface area contributed by atoms with Gasteiger partial charge in [0.2, 0.25) is 10.0 Å². The molecule has 0 fully saturated rings. The van der Waals surface area contributed by atoms with Crippen molar-refractivity contribution >= 4 is 20.9 Å². The van der Waals surface area contributed by atoms with E-state index in [1.165, 1.54) is 0 Å². The summed E-state index contributed by atoms with van der Waals surface area (Å²) in [5, 5.41) is 6.11. The van der Waals surface area contributed by atoms with Gasteiger partial charge < -0.3 is 10.3 Å². The van der Waals surface area contributed by atoms with Crippen LogP contribution in [0.5, 0.6) is 0 Å². The summed E-state index contributed by atoms with van der Waals surface area (Å²) in [7, 11) is -1.54. The topological polar surface area (TPSA) is 91.1 Å². The van der Waals surface area contributed by atoms with Crippen molar-refractivity contribution in [2.45, 2.75) is 12.2 Å². The molecule has 98 valence electrons. The second-order valence-corrected chi connectivity index (χ2v) is 6.08. The smallest absolute Gasteiger partial charge is 0.213 e. The number of benzene rings is 1. The number of sulfonamides is 1. The van der Waals surface area contributed by atoms with E-state index in [2.05, 4.69) is 0 Å². The summed E-state index contributed by atoms with van der Waals surface area (Å²) in [5.41, 5.74) is 8.48. The van der Waals surface area contributed by atoms with Crippen LogP contribution in [0.15, 0.2) is 24.4 Å². The third-order valence-corrected chi connectivity index (χ3v) is 3.65. The molecule has 0 aliphatic rings. The van der Waals surface area contributed by atoms with E-state index in [-0.39, 0.29) is 5.75 Å². The average Bonchev–Trinajstić information content (AvgIpc) is 2.54. The molecule has 2 rings (SSSR count). The molecule has 0 radical (unpaired) electrons. The van der Waals surface area contributed by atoms with Crippen molar-refractivity contribution < 1.29 is 8.42 Å². The zero-order valence-corrected chi connectivity index (χ0v) is 11.1. The van der Waals surface area contributed by atoms with Crippen molar-refractivity contribution in [2.24, 2.45) is 17.9 Å². The van der Waals surface area contributed by atoms with E-state index in [1.807, 2.05) is 29.9 Å². The number of nitrogens with two attached hydrogens (primary N) is 2. The van der Waals surface area contributed by atoms with Gasteiger partial charge in [-0.15, -0.1) is 0 Å². The molecule has 18 heavy (non-hydrogen) atoms. The zero-order valence-electron chi connectivity index (χ0n) is 10.3. The van der Waals surface area contributed by atoms with Crippen LogP contribution in [-0.2, 0) is 29.2 Å². The van der Waals surface area contributed by atoms with Gasteiger partial charge in [0.25, 0.3) is 0 Å². The Bertz CT molecular complexity index is 674. The number of hydrogen-bond acceptors (Lipinski definition) is 3. The molecule has 1 aromatic heterocycles. The van der Waals surface area contributed by atoms with E-state index in [0.717, 1.165) is 22.9 Å². The lowest BCUT2D eigenvalue weighted by molar-refractivity contribution is 0.597. The van der Waals surface area contributed by atoms with Crippen molar-refractivity contribution in [3.63, 3.8) is 0 Å². The Morgan fingerprint density at radius 3 is 2.67 bits per heavy atom. The van der Waals surface area contributed by atoms with Crippen molar-refractivity contribution in [1.82, 2.24) is 4.57 Å². The van der Waals surface area contributed by atoms with Gasteiger partial charge in [-0.3, -0.25) is 0 Å². The third kappa shape index (κ3) is 2.72. The summed E-state index contributed by atoms with van der Waals surface area (Å²) in [4.78, 5) is 0. The number of nitrogens with zero attached hydrogens (tertiary/aromatic N) is 1. The molecule has 0 aliphatic heterocycles. The van der Waals surface area contributed by atoms with Crippen LogP contribution in [0.3, 0.4) is 0 Å². The Hall–Kier alpha value is -1.37. The van der Waals surface area contributed by atoms with Gasteiger partial charge in [0.15, 0.2) is 0 Å². The van der Waals surface area contributed by atoms with Gasteiger partial charge in [-0.2, -0.15) is 0 Å². The third-order valence-electron chi connectivity index (χ3n) is 2.92. The van der Waals surface area contributed by atoms with Crippen molar-refractivity contribution in [3.05, 3.63) is 35.5 Å². The van der Waals surface area contributed by atoms with E-state index in [9.17, 15) is 8.42 Å². The van der Waals surface area contributed by atoms with Gasteiger partial charge in [0.1, 0.15) is 0 Å². The first kappa shape index (κ1) is 13.1. The van der Waals surface area contributed by atoms with Crippen LogP contribution in [-0.4, -0.2) is 19.5 Å². The minimum Gasteiger partial charge on any atom is -0.350 e. The van der Waals surface area contributed by atoms with Crippen molar-refractivity contribution in [3.8, 4) is 0 Å². The minimum atomic E-state index is -3.50. The van der Waals surface area contributed by atoms with Gasteiger partial charge in [-0.05, 0) is 36.2 Å². The van der Waals surface area contributed by atoms with E-state index >= 15 is 0 Å². The molecule has 0 saturated heterocycles. The lowest BCUT2D eigenvalue weighted by Crippen LogP contribution is -2.14. The standard InChI is InChI=1S/C12H17N3O2S/c1-15-7-10(4-5-13)11-6-9(2-3-12(11)15)8-18(14,16)17/h2-3,6-7H,4-5,8,13H2,1H3,(H2,14,16,17).